The predicted octanol–water partition coefficient (Wildman–Crippen LogP) is 5.12. The second kappa shape index (κ2) is 10.6. The predicted molar refractivity (Wildman–Crippen MR) is 140 cm³/mol. The van der Waals surface area contributed by atoms with E-state index in [9.17, 15) is 22.4 Å². The van der Waals surface area contributed by atoms with E-state index >= 15 is 0 Å². The molecule has 1 N–H and O–H groups in total. The van der Waals surface area contributed by atoms with Crippen LogP contribution in [0.15, 0.2) is 66.7 Å². The molecule has 6 nitrogen and oxygen atoms in total. The zero-order valence-electron chi connectivity index (χ0n) is 20.3. The Labute approximate surface area is 211 Å². The number of hydrogen-bond donors (Lipinski definition) is 1. The normalized spacial score (nSPS) is 16.1. The molecular weight excluding hydrogens is 479 g/mol. The second-order valence-electron chi connectivity index (χ2n) is 9.31. The molecule has 1 aliphatic rings. The monoisotopic (exact) mass is 508 g/mol. The lowest BCUT2D eigenvalue weighted by Gasteiger charge is -2.32. The Morgan fingerprint density at radius 2 is 1.81 bits per heavy atom. The molecule has 1 aliphatic heterocycles. The smallest absolute Gasteiger partial charge is 0.230 e. The number of amides is 1. The number of ketones is 1. The highest BCUT2D eigenvalue weighted by Gasteiger charge is 2.31. The fourth-order valence-corrected chi connectivity index (χ4v) is 5.17. The van der Waals surface area contributed by atoms with Gasteiger partial charge in [0.25, 0.3) is 0 Å². The van der Waals surface area contributed by atoms with E-state index in [2.05, 4.69) is 4.72 Å². The number of hydrogen-bond acceptors (Lipinski definition) is 4. The molecule has 8 heteroatoms. The number of aryl methyl sites for hydroxylation is 1. The van der Waals surface area contributed by atoms with Gasteiger partial charge >= 0.3 is 0 Å². The van der Waals surface area contributed by atoms with Crippen LogP contribution in [-0.2, 0) is 26.0 Å². The van der Waals surface area contributed by atoms with Crippen LogP contribution in [0.25, 0.3) is 11.1 Å². The molecule has 1 saturated heterocycles. The van der Waals surface area contributed by atoms with Crippen molar-refractivity contribution >= 4 is 33.1 Å². The number of piperidine rings is 1. The number of para-hydroxylation sites is 1. The quantitative estimate of drug-likeness (QED) is 0.458. The highest BCUT2D eigenvalue weighted by atomic mass is 32.2. The number of Topliss-reactive ketones (excluding diaryl/α,β-unsaturated/α-hetero) is 1. The zero-order valence-corrected chi connectivity index (χ0v) is 21.1. The Balaban J connectivity index is 1.46. The topological polar surface area (TPSA) is 83.6 Å². The van der Waals surface area contributed by atoms with Crippen molar-refractivity contribution < 1.29 is 22.4 Å². The van der Waals surface area contributed by atoms with E-state index in [1.807, 2.05) is 36.4 Å². The third-order valence-corrected chi connectivity index (χ3v) is 6.92. The first-order valence-electron chi connectivity index (χ1n) is 11.9. The zero-order chi connectivity index (χ0) is 25.9. The maximum Gasteiger partial charge on any atom is 0.230 e. The number of anilines is 2. The molecule has 3 aromatic carbocycles. The molecule has 0 spiro atoms. The van der Waals surface area contributed by atoms with Gasteiger partial charge in [0, 0.05) is 36.6 Å². The van der Waals surface area contributed by atoms with Gasteiger partial charge in [-0.1, -0.05) is 42.5 Å². The Bertz CT molecular complexity index is 1390. The standard InChI is InChI=1S/C28H29FN2O4S/c1-19-9-10-21(26(29)16-19)17-24(32)18-22-6-5-15-31(28(22)33)23-13-11-20(12-14-23)25-7-3-4-8-27(25)30-36(2,34)35/h3-4,7-14,16,22,30H,5-6,15,17-18H2,1-2H3/t22-/m0/s1. The molecule has 1 fully saturated rings. The van der Waals surface area contributed by atoms with Crippen LogP contribution in [0.3, 0.4) is 0 Å². The molecule has 36 heavy (non-hydrogen) atoms. The first-order valence-corrected chi connectivity index (χ1v) is 13.8. The summed E-state index contributed by atoms with van der Waals surface area (Å²) in [6.07, 6.45) is 2.57. The molecule has 1 amide bonds. The molecule has 0 bridgehead atoms. The van der Waals surface area contributed by atoms with Crippen LogP contribution in [-0.4, -0.2) is 32.9 Å². The highest BCUT2D eigenvalue weighted by molar-refractivity contribution is 7.92. The summed E-state index contributed by atoms with van der Waals surface area (Å²) in [4.78, 5) is 27.6. The van der Waals surface area contributed by atoms with Gasteiger partial charge in [0.1, 0.15) is 11.6 Å². The fourth-order valence-electron chi connectivity index (χ4n) is 4.60. The lowest BCUT2D eigenvalue weighted by molar-refractivity contribution is -0.128. The van der Waals surface area contributed by atoms with Gasteiger partial charge in [-0.3, -0.25) is 14.3 Å². The average Bonchev–Trinajstić information content (AvgIpc) is 2.82. The Kier molecular flexibility index (Phi) is 7.54. The lowest BCUT2D eigenvalue weighted by Crippen LogP contribution is -2.42. The van der Waals surface area contributed by atoms with Crippen LogP contribution < -0.4 is 9.62 Å². The molecule has 4 rings (SSSR count). The van der Waals surface area contributed by atoms with Crippen LogP contribution in [0, 0.1) is 18.7 Å². The molecule has 0 aliphatic carbocycles. The van der Waals surface area contributed by atoms with Crippen molar-refractivity contribution in [2.75, 3.05) is 22.4 Å². The number of benzene rings is 3. The summed E-state index contributed by atoms with van der Waals surface area (Å²) >= 11 is 0. The van der Waals surface area contributed by atoms with Crippen molar-refractivity contribution in [2.45, 2.75) is 32.6 Å². The molecule has 1 heterocycles. The first kappa shape index (κ1) is 25.6. The summed E-state index contributed by atoms with van der Waals surface area (Å²) in [5.41, 5.74) is 3.88. The molecule has 0 aromatic heterocycles. The lowest BCUT2D eigenvalue weighted by atomic mass is 9.89. The van der Waals surface area contributed by atoms with E-state index in [4.69, 9.17) is 0 Å². The number of carbonyl (C=O) groups is 2. The highest BCUT2D eigenvalue weighted by Crippen LogP contribution is 2.32. The minimum Gasteiger partial charge on any atom is -0.312 e. The maximum atomic E-state index is 14.1. The maximum absolute atomic E-state index is 14.1. The van der Waals surface area contributed by atoms with Crippen LogP contribution >= 0.6 is 0 Å². The van der Waals surface area contributed by atoms with E-state index in [0.29, 0.717) is 24.2 Å². The number of rotatable bonds is 8. The molecule has 3 aromatic rings. The first-order chi connectivity index (χ1) is 17.1. The summed E-state index contributed by atoms with van der Waals surface area (Å²) in [5.74, 6) is -1.08. The van der Waals surface area contributed by atoms with Crippen molar-refractivity contribution in [1.29, 1.82) is 0 Å². The summed E-state index contributed by atoms with van der Waals surface area (Å²) in [5, 5.41) is 0. The third kappa shape index (κ3) is 6.18. The van der Waals surface area contributed by atoms with Gasteiger partial charge in [-0.2, -0.15) is 0 Å². The van der Waals surface area contributed by atoms with Gasteiger partial charge in [0.15, 0.2) is 0 Å². The summed E-state index contributed by atoms with van der Waals surface area (Å²) in [6.45, 7) is 2.35. The molecule has 0 saturated carbocycles. The van der Waals surface area contributed by atoms with Crippen molar-refractivity contribution in [2.24, 2.45) is 5.92 Å². The summed E-state index contributed by atoms with van der Waals surface area (Å²) in [6, 6.07) is 19.3. The van der Waals surface area contributed by atoms with Gasteiger partial charge in [-0.15, -0.1) is 0 Å². The van der Waals surface area contributed by atoms with Crippen molar-refractivity contribution in [3.63, 3.8) is 0 Å². The Morgan fingerprint density at radius 1 is 1.08 bits per heavy atom. The van der Waals surface area contributed by atoms with Gasteiger partial charge in [-0.25, -0.2) is 12.8 Å². The summed E-state index contributed by atoms with van der Waals surface area (Å²) < 4.78 is 40.1. The van der Waals surface area contributed by atoms with Crippen LogP contribution in [0.2, 0.25) is 0 Å². The van der Waals surface area contributed by atoms with Gasteiger partial charge in [-0.05, 0) is 60.7 Å². The van der Waals surface area contributed by atoms with Gasteiger partial charge in [0.2, 0.25) is 15.9 Å². The van der Waals surface area contributed by atoms with Crippen LogP contribution in [0.4, 0.5) is 15.8 Å². The van der Waals surface area contributed by atoms with E-state index in [-0.39, 0.29) is 24.5 Å². The number of carbonyl (C=O) groups excluding carboxylic acids is 2. The number of halogens is 1. The SMILES string of the molecule is Cc1ccc(CC(=O)C[C@@H]2CCCN(c3ccc(-c4ccccc4NS(C)(=O)=O)cc3)C2=O)c(F)c1. The van der Waals surface area contributed by atoms with E-state index in [1.165, 1.54) is 6.07 Å². The third-order valence-electron chi connectivity index (χ3n) is 6.33. The molecule has 0 unspecified atom stereocenters. The minimum absolute atomic E-state index is 0.0223. The number of nitrogens with one attached hydrogen (secondary N) is 1. The van der Waals surface area contributed by atoms with E-state index in [1.54, 1.807) is 36.1 Å². The largest absolute Gasteiger partial charge is 0.312 e. The van der Waals surface area contributed by atoms with E-state index < -0.39 is 21.8 Å². The van der Waals surface area contributed by atoms with Crippen LogP contribution in [0.5, 0.6) is 0 Å². The minimum atomic E-state index is -3.43. The van der Waals surface area contributed by atoms with Gasteiger partial charge in [0.05, 0.1) is 11.9 Å². The molecular formula is C28H29FN2O4S. The molecule has 1 atom stereocenters. The van der Waals surface area contributed by atoms with Crippen LogP contribution in [0.1, 0.15) is 30.4 Å². The fraction of sp³-hybridized carbons (Fsp3) is 0.286. The Hall–Kier alpha value is -3.52. The number of nitrogens with zero attached hydrogens (tertiary/aromatic N) is 1. The second-order valence-corrected chi connectivity index (χ2v) is 11.1. The van der Waals surface area contributed by atoms with E-state index in [0.717, 1.165) is 35.1 Å². The molecule has 188 valence electrons. The summed E-state index contributed by atoms with van der Waals surface area (Å²) in [7, 11) is -3.43. The average molecular weight is 509 g/mol. The Morgan fingerprint density at radius 3 is 2.50 bits per heavy atom. The van der Waals surface area contributed by atoms with Gasteiger partial charge < -0.3 is 4.90 Å². The van der Waals surface area contributed by atoms with Crippen molar-refractivity contribution in [1.82, 2.24) is 0 Å². The van der Waals surface area contributed by atoms with Crippen molar-refractivity contribution in [3.8, 4) is 11.1 Å². The molecule has 0 radical (unpaired) electrons. The number of sulfonamides is 1. The van der Waals surface area contributed by atoms with Crippen molar-refractivity contribution in [3.05, 3.63) is 83.7 Å².